The van der Waals surface area contributed by atoms with Gasteiger partial charge in [0, 0.05) is 16.8 Å². The number of rotatable bonds is 4. The van der Waals surface area contributed by atoms with Crippen molar-refractivity contribution in [3.05, 3.63) is 39.0 Å². The normalized spacial score (nSPS) is 11.0. The van der Waals surface area contributed by atoms with E-state index in [0.29, 0.717) is 17.0 Å². The Morgan fingerprint density at radius 2 is 1.87 bits per heavy atom. The number of fused-ring (bicyclic) bond motifs is 1. The predicted molar refractivity (Wildman–Crippen MR) is 87.7 cm³/mol. The van der Waals surface area contributed by atoms with E-state index < -0.39 is 4.92 Å². The third-order valence-corrected chi connectivity index (χ3v) is 4.84. The van der Waals surface area contributed by atoms with Crippen LogP contribution in [0.2, 0.25) is 0 Å². The third kappa shape index (κ3) is 2.31. The smallest absolute Gasteiger partial charge is 0.324 e. The fourth-order valence-electron chi connectivity index (χ4n) is 2.49. The first-order chi connectivity index (χ1) is 11.0. The molecule has 120 valence electrons. The zero-order valence-electron chi connectivity index (χ0n) is 13.1. The maximum Gasteiger partial charge on any atom is 0.324 e. The molecule has 0 atom stereocenters. The van der Waals surface area contributed by atoms with Crippen LogP contribution >= 0.6 is 11.3 Å². The summed E-state index contributed by atoms with van der Waals surface area (Å²) in [6.45, 7) is 4.00. The van der Waals surface area contributed by atoms with Crippen LogP contribution in [0.5, 0.6) is 11.5 Å². The second-order valence-corrected chi connectivity index (χ2v) is 6.15. The van der Waals surface area contributed by atoms with Crippen molar-refractivity contribution in [2.75, 3.05) is 14.2 Å². The van der Waals surface area contributed by atoms with Crippen LogP contribution in [-0.4, -0.2) is 28.5 Å². The first-order valence-corrected chi connectivity index (χ1v) is 7.64. The Balaban J connectivity index is 2.33. The highest BCUT2D eigenvalue weighted by Gasteiger charge is 2.28. The molecule has 0 aliphatic heterocycles. The van der Waals surface area contributed by atoms with Crippen molar-refractivity contribution in [3.63, 3.8) is 0 Å². The number of methoxy groups -OCH3 is 2. The molecule has 2 aromatic heterocycles. The lowest BCUT2D eigenvalue weighted by Gasteiger charge is -2.10. The number of hydrogen-bond donors (Lipinski definition) is 0. The zero-order chi connectivity index (χ0) is 16.7. The number of nitrogens with zero attached hydrogens (tertiary/aromatic N) is 3. The highest BCUT2D eigenvalue weighted by molar-refractivity contribution is 7.17. The Morgan fingerprint density at radius 1 is 1.22 bits per heavy atom. The number of benzene rings is 1. The summed E-state index contributed by atoms with van der Waals surface area (Å²) in [7, 11) is 2.88. The Labute approximate surface area is 136 Å². The fourth-order valence-corrected chi connectivity index (χ4v) is 3.45. The van der Waals surface area contributed by atoms with Gasteiger partial charge in [-0.25, -0.2) is 4.98 Å². The molecule has 1 aromatic carbocycles. The van der Waals surface area contributed by atoms with Crippen molar-refractivity contribution in [2.24, 2.45) is 0 Å². The minimum Gasteiger partial charge on any atom is -0.496 e. The number of nitro groups is 1. The summed E-state index contributed by atoms with van der Waals surface area (Å²) in [6.07, 6.45) is 1.79. The van der Waals surface area contributed by atoms with Crippen molar-refractivity contribution in [2.45, 2.75) is 13.8 Å². The summed E-state index contributed by atoms with van der Waals surface area (Å²) in [4.78, 5) is 17.6. The molecule has 0 bridgehead atoms. The van der Waals surface area contributed by atoms with Gasteiger partial charge in [0.25, 0.3) is 0 Å². The average molecular weight is 333 g/mol. The fraction of sp³-hybridized carbons (Fsp3) is 0.267. The number of nitro benzene ring substituents is 1. The van der Waals surface area contributed by atoms with Crippen molar-refractivity contribution in [1.29, 1.82) is 0 Å². The molecule has 2 heterocycles. The van der Waals surface area contributed by atoms with E-state index in [1.807, 2.05) is 18.2 Å². The van der Waals surface area contributed by atoms with E-state index in [1.165, 1.54) is 20.3 Å². The van der Waals surface area contributed by atoms with Gasteiger partial charge in [-0.1, -0.05) is 0 Å². The van der Waals surface area contributed by atoms with E-state index in [2.05, 4.69) is 4.98 Å². The first kappa shape index (κ1) is 15.3. The van der Waals surface area contributed by atoms with Crippen LogP contribution in [0.15, 0.2) is 18.3 Å². The molecule has 0 unspecified atom stereocenters. The Kier molecular flexibility index (Phi) is 3.69. The summed E-state index contributed by atoms with van der Waals surface area (Å²) < 4.78 is 12.4. The SMILES string of the molecule is COc1ccc(OC)c([N+](=O)[O-])c1-c1cn2c(C)c(C)sc2n1. The van der Waals surface area contributed by atoms with Gasteiger partial charge in [0.1, 0.15) is 17.0 Å². The van der Waals surface area contributed by atoms with Crippen LogP contribution in [0.3, 0.4) is 0 Å². The second-order valence-electron chi connectivity index (χ2n) is 4.97. The number of ether oxygens (including phenoxy) is 2. The highest BCUT2D eigenvalue weighted by atomic mass is 32.1. The van der Waals surface area contributed by atoms with E-state index in [-0.39, 0.29) is 11.4 Å². The Hall–Kier alpha value is -2.61. The van der Waals surface area contributed by atoms with Crippen molar-refractivity contribution in [1.82, 2.24) is 9.38 Å². The standard InChI is InChI=1S/C15H15N3O4S/c1-8-9(2)23-15-16-10(7-17(8)15)13-11(21-3)5-6-12(22-4)14(13)18(19)20/h5-7H,1-4H3. The lowest BCUT2D eigenvalue weighted by molar-refractivity contribution is -0.385. The maximum absolute atomic E-state index is 11.6. The molecule has 0 aliphatic carbocycles. The molecule has 7 nitrogen and oxygen atoms in total. The molecule has 23 heavy (non-hydrogen) atoms. The van der Waals surface area contributed by atoms with Crippen molar-refractivity contribution in [3.8, 4) is 22.8 Å². The second kappa shape index (κ2) is 5.54. The minimum atomic E-state index is -0.470. The molecule has 0 saturated heterocycles. The number of thiazole rings is 1. The van der Waals surface area contributed by atoms with E-state index in [0.717, 1.165) is 15.5 Å². The molecule has 0 saturated carbocycles. The molecular formula is C15H15N3O4S. The van der Waals surface area contributed by atoms with Crippen LogP contribution in [0.4, 0.5) is 5.69 Å². The van der Waals surface area contributed by atoms with Gasteiger partial charge in [0.2, 0.25) is 0 Å². The van der Waals surface area contributed by atoms with E-state index in [4.69, 9.17) is 9.47 Å². The van der Waals surface area contributed by atoms with Gasteiger partial charge >= 0.3 is 5.69 Å². The maximum atomic E-state index is 11.6. The van der Waals surface area contributed by atoms with Gasteiger partial charge in [-0.3, -0.25) is 14.5 Å². The van der Waals surface area contributed by atoms with Crippen LogP contribution in [0.1, 0.15) is 10.6 Å². The van der Waals surface area contributed by atoms with E-state index in [1.54, 1.807) is 23.6 Å². The molecule has 3 rings (SSSR count). The van der Waals surface area contributed by atoms with Crippen LogP contribution in [-0.2, 0) is 0 Å². The van der Waals surface area contributed by atoms with Crippen LogP contribution in [0, 0.1) is 24.0 Å². The van der Waals surface area contributed by atoms with Gasteiger partial charge < -0.3 is 9.47 Å². The Bertz CT molecular complexity index is 913. The number of imidazole rings is 1. The zero-order valence-corrected chi connectivity index (χ0v) is 13.9. The number of aryl methyl sites for hydroxylation is 2. The third-order valence-electron chi connectivity index (χ3n) is 3.77. The first-order valence-electron chi connectivity index (χ1n) is 6.82. The van der Waals surface area contributed by atoms with E-state index >= 15 is 0 Å². The molecule has 0 amide bonds. The Morgan fingerprint density at radius 3 is 2.43 bits per heavy atom. The summed E-state index contributed by atoms with van der Waals surface area (Å²) in [6, 6.07) is 3.17. The van der Waals surface area contributed by atoms with Crippen LogP contribution < -0.4 is 9.47 Å². The molecule has 0 radical (unpaired) electrons. The molecule has 0 aliphatic rings. The summed E-state index contributed by atoms with van der Waals surface area (Å²) >= 11 is 1.54. The lowest BCUT2D eigenvalue weighted by atomic mass is 10.1. The van der Waals surface area contributed by atoms with Crippen molar-refractivity contribution >= 4 is 22.0 Å². The molecule has 0 N–H and O–H groups in total. The molecule has 0 spiro atoms. The summed E-state index contributed by atoms with van der Waals surface area (Å²) in [5.74, 6) is 0.563. The molecule has 3 aromatic rings. The largest absolute Gasteiger partial charge is 0.496 e. The minimum absolute atomic E-state index is 0.146. The van der Waals surface area contributed by atoms with Crippen molar-refractivity contribution < 1.29 is 14.4 Å². The molecule has 0 fully saturated rings. The molecular weight excluding hydrogens is 318 g/mol. The number of aromatic nitrogens is 2. The average Bonchev–Trinajstić information content (AvgIpc) is 3.05. The van der Waals surface area contributed by atoms with Gasteiger partial charge in [0.15, 0.2) is 10.7 Å². The summed E-state index contributed by atoms with van der Waals surface area (Å²) in [5, 5.41) is 11.6. The van der Waals surface area contributed by atoms with Gasteiger partial charge in [-0.05, 0) is 26.0 Å². The monoisotopic (exact) mass is 333 g/mol. The quantitative estimate of drug-likeness (QED) is 0.538. The predicted octanol–water partition coefficient (Wildman–Crippen LogP) is 3.61. The lowest BCUT2D eigenvalue weighted by Crippen LogP contribution is -1.99. The van der Waals surface area contributed by atoms with E-state index in [9.17, 15) is 10.1 Å². The van der Waals surface area contributed by atoms with Gasteiger partial charge in [-0.15, -0.1) is 11.3 Å². The molecule has 8 heteroatoms. The topological polar surface area (TPSA) is 78.9 Å². The van der Waals surface area contributed by atoms with Gasteiger partial charge in [0.05, 0.1) is 19.1 Å². The van der Waals surface area contributed by atoms with Crippen LogP contribution in [0.25, 0.3) is 16.2 Å². The number of hydrogen-bond acceptors (Lipinski definition) is 6. The summed E-state index contributed by atoms with van der Waals surface area (Å²) in [5.41, 5.74) is 1.73. The van der Waals surface area contributed by atoms with Gasteiger partial charge in [-0.2, -0.15) is 0 Å². The highest BCUT2D eigenvalue weighted by Crippen LogP contribution is 2.44.